The highest BCUT2D eigenvalue weighted by atomic mass is 16.5. The highest BCUT2D eigenvalue weighted by molar-refractivity contribution is 5.98. The fraction of sp³-hybridized carbons (Fsp3) is 0.400. The van der Waals surface area contributed by atoms with Gasteiger partial charge in [-0.25, -0.2) is 4.98 Å². The molecule has 1 fully saturated rings. The topological polar surface area (TPSA) is 98.4 Å². The van der Waals surface area contributed by atoms with Crippen molar-refractivity contribution >= 4 is 17.5 Å². The molecule has 0 aliphatic carbocycles. The second-order valence-electron chi connectivity index (χ2n) is 6.97. The maximum Gasteiger partial charge on any atom is 0.268 e. The number of rotatable bonds is 6. The van der Waals surface area contributed by atoms with E-state index in [4.69, 9.17) is 10.5 Å². The van der Waals surface area contributed by atoms with Gasteiger partial charge in [-0.3, -0.25) is 14.6 Å². The van der Waals surface area contributed by atoms with Crippen molar-refractivity contribution in [1.29, 1.82) is 0 Å². The Morgan fingerprint density at radius 1 is 1.30 bits per heavy atom. The quantitative estimate of drug-likeness (QED) is 0.787. The van der Waals surface area contributed by atoms with Gasteiger partial charge in [-0.2, -0.15) is 0 Å². The van der Waals surface area contributed by atoms with E-state index in [1.807, 2.05) is 36.9 Å². The molecular formula is C20H24N4O3. The first-order valence-electron chi connectivity index (χ1n) is 9.12. The van der Waals surface area contributed by atoms with E-state index in [2.05, 4.69) is 9.97 Å². The first kappa shape index (κ1) is 18.8. The van der Waals surface area contributed by atoms with Crippen molar-refractivity contribution in [2.24, 2.45) is 11.7 Å². The molecule has 0 saturated carbocycles. The molecule has 7 nitrogen and oxygen atoms in total. The van der Waals surface area contributed by atoms with E-state index in [1.54, 1.807) is 12.3 Å². The van der Waals surface area contributed by atoms with Crippen LogP contribution in [0.1, 0.15) is 47.5 Å². The number of carbonyl (C=O) groups excluding carboxylic acids is 2. The first-order chi connectivity index (χ1) is 12.9. The zero-order chi connectivity index (χ0) is 19.4. The van der Waals surface area contributed by atoms with Crippen LogP contribution >= 0.6 is 0 Å². The lowest BCUT2D eigenvalue weighted by Crippen LogP contribution is -2.39. The maximum atomic E-state index is 13.0. The van der Waals surface area contributed by atoms with Crippen LogP contribution in [0.2, 0.25) is 0 Å². The van der Waals surface area contributed by atoms with Gasteiger partial charge in [0.05, 0.1) is 18.5 Å². The Kier molecular flexibility index (Phi) is 5.69. The molecular weight excluding hydrogens is 344 g/mol. The summed E-state index contributed by atoms with van der Waals surface area (Å²) in [6.45, 7) is 5.20. The van der Waals surface area contributed by atoms with E-state index in [1.165, 1.54) is 6.20 Å². The Labute approximate surface area is 158 Å². The Morgan fingerprint density at radius 2 is 2.11 bits per heavy atom. The fourth-order valence-corrected chi connectivity index (χ4v) is 3.26. The highest BCUT2D eigenvalue weighted by Gasteiger charge is 2.28. The van der Waals surface area contributed by atoms with Gasteiger partial charge in [0.25, 0.3) is 5.91 Å². The van der Waals surface area contributed by atoms with Crippen LogP contribution < -0.4 is 15.4 Å². The Hall–Kier alpha value is -2.96. The third-order valence-electron chi connectivity index (χ3n) is 4.48. The molecule has 1 unspecified atom stereocenters. The molecule has 1 amide bonds. The van der Waals surface area contributed by atoms with Crippen LogP contribution in [-0.4, -0.2) is 40.9 Å². The molecule has 2 heterocycles. The molecule has 3 rings (SSSR count). The summed E-state index contributed by atoms with van der Waals surface area (Å²) in [4.78, 5) is 34.6. The lowest BCUT2D eigenvalue weighted by Gasteiger charge is -2.32. The van der Waals surface area contributed by atoms with Crippen LogP contribution in [0.15, 0.2) is 36.7 Å². The summed E-state index contributed by atoms with van der Waals surface area (Å²) >= 11 is 0. The first-order valence-corrected chi connectivity index (χ1v) is 9.12. The minimum absolute atomic E-state index is 0.0524. The van der Waals surface area contributed by atoms with E-state index in [0.717, 1.165) is 19.4 Å². The van der Waals surface area contributed by atoms with Gasteiger partial charge < -0.3 is 15.4 Å². The zero-order valence-electron chi connectivity index (χ0n) is 15.6. The number of primary amides is 1. The van der Waals surface area contributed by atoms with Crippen LogP contribution in [-0.2, 0) is 0 Å². The summed E-state index contributed by atoms with van der Waals surface area (Å²) in [5, 5.41) is 0. The number of aromatic nitrogens is 2. The molecule has 1 aromatic heterocycles. The number of ether oxygens (including phenoxy) is 1. The van der Waals surface area contributed by atoms with Crippen molar-refractivity contribution < 1.29 is 14.3 Å². The summed E-state index contributed by atoms with van der Waals surface area (Å²) < 4.78 is 5.69. The number of ketones is 1. The molecule has 1 atom stereocenters. The third-order valence-corrected chi connectivity index (χ3v) is 4.48. The number of anilines is 1. The Morgan fingerprint density at radius 3 is 2.85 bits per heavy atom. The molecule has 0 bridgehead atoms. The number of Topliss-reactive ketones (excluding diaryl/α,β-unsaturated/α-hetero) is 1. The summed E-state index contributed by atoms with van der Waals surface area (Å²) in [7, 11) is 0. The van der Waals surface area contributed by atoms with Gasteiger partial charge in [0.15, 0.2) is 5.78 Å². The third kappa shape index (κ3) is 4.61. The van der Waals surface area contributed by atoms with Gasteiger partial charge in [0.1, 0.15) is 17.3 Å². The van der Waals surface area contributed by atoms with Gasteiger partial charge in [-0.1, -0.05) is 12.1 Å². The molecule has 2 aromatic rings. The molecule has 1 aliphatic heterocycles. The number of carbonyl (C=O) groups is 2. The predicted molar refractivity (Wildman–Crippen MR) is 102 cm³/mol. The Bertz CT molecular complexity index is 837. The molecule has 7 heteroatoms. The van der Waals surface area contributed by atoms with Crippen molar-refractivity contribution in [2.45, 2.75) is 32.8 Å². The molecule has 0 radical (unpaired) electrons. The van der Waals surface area contributed by atoms with Crippen molar-refractivity contribution in [3.8, 4) is 5.75 Å². The number of amides is 1. The minimum atomic E-state index is -0.615. The lowest BCUT2D eigenvalue weighted by atomic mass is 9.90. The van der Waals surface area contributed by atoms with E-state index < -0.39 is 5.91 Å². The second kappa shape index (κ2) is 8.16. The smallest absolute Gasteiger partial charge is 0.268 e. The summed E-state index contributed by atoms with van der Waals surface area (Å²) in [5.74, 6) is 0.597. The molecule has 1 saturated heterocycles. The summed E-state index contributed by atoms with van der Waals surface area (Å²) in [6, 6.07) is 7.32. The van der Waals surface area contributed by atoms with Gasteiger partial charge >= 0.3 is 0 Å². The normalized spacial score (nSPS) is 17.0. The monoisotopic (exact) mass is 368 g/mol. The number of nitrogens with zero attached hydrogens (tertiary/aromatic N) is 3. The zero-order valence-corrected chi connectivity index (χ0v) is 15.6. The number of benzene rings is 1. The summed E-state index contributed by atoms with van der Waals surface area (Å²) in [5.41, 5.74) is 6.06. The van der Waals surface area contributed by atoms with Crippen molar-refractivity contribution in [2.75, 3.05) is 18.0 Å². The number of nitrogens with two attached hydrogens (primary N) is 1. The second-order valence-corrected chi connectivity index (χ2v) is 6.97. The predicted octanol–water partition coefficient (Wildman–Crippen LogP) is 2.46. The van der Waals surface area contributed by atoms with Crippen LogP contribution in [0.25, 0.3) is 0 Å². The number of hydrogen-bond donors (Lipinski definition) is 1. The molecule has 27 heavy (non-hydrogen) atoms. The standard InChI is InChI=1S/C20H24N4O3/c1-13(2)27-16-7-3-5-14(9-16)19(25)15-6-4-8-24(12-15)18-11-22-10-17(23-18)20(21)26/h3,5,7,9-11,13,15H,4,6,8,12H2,1-2H3,(H2,21,26). The molecule has 142 valence electrons. The van der Waals surface area contributed by atoms with E-state index in [-0.39, 0.29) is 23.5 Å². The molecule has 0 spiro atoms. The average molecular weight is 368 g/mol. The van der Waals surface area contributed by atoms with E-state index in [0.29, 0.717) is 23.7 Å². The van der Waals surface area contributed by atoms with Crippen molar-refractivity contribution in [3.05, 3.63) is 47.9 Å². The van der Waals surface area contributed by atoms with Crippen LogP contribution in [0.3, 0.4) is 0 Å². The molecule has 1 aliphatic rings. The Balaban J connectivity index is 1.75. The average Bonchev–Trinajstić information content (AvgIpc) is 2.67. The minimum Gasteiger partial charge on any atom is -0.491 e. The van der Waals surface area contributed by atoms with Crippen molar-refractivity contribution in [1.82, 2.24) is 9.97 Å². The molecule has 1 aromatic carbocycles. The van der Waals surface area contributed by atoms with Gasteiger partial charge in [0, 0.05) is 24.6 Å². The summed E-state index contributed by atoms with van der Waals surface area (Å²) in [6.07, 6.45) is 4.67. The number of piperidine rings is 1. The van der Waals surface area contributed by atoms with Gasteiger partial charge in [-0.15, -0.1) is 0 Å². The maximum absolute atomic E-state index is 13.0. The SMILES string of the molecule is CC(C)Oc1cccc(C(=O)C2CCCN(c3cncc(C(N)=O)n3)C2)c1. The molecule has 2 N–H and O–H groups in total. The van der Waals surface area contributed by atoms with Gasteiger partial charge in [-0.05, 0) is 38.8 Å². The van der Waals surface area contributed by atoms with Crippen LogP contribution in [0.4, 0.5) is 5.82 Å². The fourth-order valence-electron chi connectivity index (χ4n) is 3.26. The van der Waals surface area contributed by atoms with Crippen LogP contribution in [0.5, 0.6) is 5.75 Å². The van der Waals surface area contributed by atoms with Gasteiger partial charge in [0.2, 0.25) is 0 Å². The van der Waals surface area contributed by atoms with Crippen LogP contribution in [0, 0.1) is 5.92 Å². The van der Waals surface area contributed by atoms with Crippen molar-refractivity contribution in [3.63, 3.8) is 0 Å². The lowest BCUT2D eigenvalue weighted by molar-refractivity contribution is 0.0905. The van der Waals surface area contributed by atoms with E-state index in [9.17, 15) is 9.59 Å². The highest BCUT2D eigenvalue weighted by Crippen LogP contribution is 2.26. The van der Waals surface area contributed by atoms with E-state index >= 15 is 0 Å². The number of hydrogen-bond acceptors (Lipinski definition) is 6. The largest absolute Gasteiger partial charge is 0.491 e.